The Morgan fingerprint density at radius 1 is 1.14 bits per heavy atom. The Kier molecular flexibility index (Phi) is 8.79. The zero-order chi connectivity index (χ0) is 25.5. The lowest BCUT2D eigenvalue weighted by Crippen LogP contribution is -2.33. The lowest BCUT2D eigenvalue weighted by molar-refractivity contribution is -0.137. The van der Waals surface area contributed by atoms with Gasteiger partial charge in [-0.25, -0.2) is 13.8 Å². The molecule has 0 radical (unpaired) electrons. The van der Waals surface area contributed by atoms with Crippen LogP contribution in [0.25, 0.3) is 0 Å². The molecule has 0 saturated heterocycles. The van der Waals surface area contributed by atoms with Crippen molar-refractivity contribution in [3.8, 4) is 11.5 Å². The van der Waals surface area contributed by atoms with Gasteiger partial charge in [0.15, 0.2) is 18.1 Å². The van der Waals surface area contributed by atoms with Gasteiger partial charge >= 0.3 is 0 Å². The molecule has 0 aromatic heterocycles. The Morgan fingerprint density at radius 3 is 2.58 bits per heavy atom. The topological polar surface area (TPSA) is 80.2 Å². The Labute approximate surface area is 213 Å². The molecule has 10 heteroatoms. The van der Waals surface area contributed by atoms with E-state index in [0.717, 1.165) is 32.1 Å². The molecule has 2 aromatic carbocycles. The van der Waals surface area contributed by atoms with Crippen LogP contribution < -0.4 is 14.8 Å². The summed E-state index contributed by atoms with van der Waals surface area (Å²) in [5, 5.41) is 8.67. The van der Waals surface area contributed by atoms with E-state index in [4.69, 9.17) is 9.47 Å². The number of nitrogens with zero attached hydrogens (tertiary/aromatic N) is 2. The van der Waals surface area contributed by atoms with Crippen molar-refractivity contribution < 1.29 is 27.8 Å². The summed E-state index contributed by atoms with van der Waals surface area (Å²) in [6.07, 6.45) is 4.78. The van der Waals surface area contributed by atoms with E-state index >= 15 is 0 Å². The Morgan fingerprint density at radius 2 is 1.89 bits per heavy atom. The number of rotatable bonds is 9. The number of methoxy groups -OCH3 is 1. The summed E-state index contributed by atoms with van der Waals surface area (Å²) >= 11 is 1.37. The van der Waals surface area contributed by atoms with Crippen LogP contribution >= 0.6 is 11.8 Å². The molecule has 1 heterocycles. The number of thioether (sulfide) groups is 1. The van der Waals surface area contributed by atoms with Crippen LogP contribution in [0.4, 0.5) is 8.78 Å². The highest BCUT2D eigenvalue weighted by atomic mass is 32.2. The maximum Gasteiger partial charge on any atom is 0.258 e. The molecular weight excluding hydrogens is 488 g/mol. The molecule has 2 aromatic rings. The van der Waals surface area contributed by atoms with Gasteiger partial charge in [-0.2, -0.15) is 5.10 Å². The summed E-state index contributed by atoms with van der Waals surface area (Å²) < 4.78 is 37.2. The molecule has 1 aliphatic carbocycles. The predicted molar refractivity (Wildman–Crippen MR) is 134 cm³/mol. The molecule has 0 spiro atoms. The van der Waals surface area contributed by atoms with Crippen molar-refractivity contribution in [2.45, 2.75) is 37.5 Å². The summed E-state index contributed by atoms with van der Waals surface area (Å²) in [5.74, 6) is -0.259. The standard InChI is InChI=1S/C26H29F2N3O4S/c1-34-23-20(8-5-9-21(23)35-16-22(32)29-15-14-27)26-31(25(33)18-6-3-2-4-7-18)30-24(36-26)17-10-12-19(28)13-11-17/h5,8-13,18,26H,2-4,6-7,14-16H2,1H3,(H,29,32). The first-order valence-corrected chi connectivity index (χ1v) is 12.9. The zero-order valence-electron chi connectivity index (χ0n) is 20.0. The van der Waals surface area contributed by atoms with Gasteiger partial charge in [0.1, 0.15) is 22.9 Å². The molecule has 1 aliphatic heterocycles. The summed E-state index contributed by atoms with van der Waals surface area (Å²) in [4.78, 5) is 25.5. The minimum Gasteiger partial charge on any atom is -0.492 e. The van der Waals surface area contributed by atoms with Crippen molar-refractivity contribution in [2.75, 3.05) is 26.9 Å². The smallest absolute Gasteiger partial charge is 0.258 e. The Bertz CT molecular complexity index is 1110. The second-order valence-corrected chi connectivity index (χ2v) is 9.68. The van der Waals surface area contributed by atoms with Crippen LogP contribution in [0.5, 0.6) is 11.5 Å². The Balaban J connectivity index is 1.63. The molecule has 1 atom stereocenters. The maximum absolute atomic E-state index is 13.6. The van der Waals surface area contributed by atoms with Gasteiger partial charge in [-0.1, -0.05) is 43.2 Å². The average Bonchev–Trinajstić information content (AvgIpc) is 3.36. The van der Waals surface area contributed by atoms with Crippen molar-refractivity contribution in [2.24, 2.45) is 11.0 Å². The number of hydrogen-bond donors (Lipinski definition) is 1. The van der Waals surface area contributed by atoms with Gasteiger partial charge in [0.25, 0.3) is 5.91 Å². The van der Waals surface area contributed by atoms with E-state index in [1.165, 1.54) is 36.0 Å². The second kappa shape index (κ2) is 12.2. The summed E-state index contributed by atoms with van der Waals surface area (Å²) in [6.45, 7) is -1.05. The van der Waals surface area contributed by atoms with E-state index in [-0.39, 0.29) is 30.8 Å². The third-order valence-corrected chi connectivity index (χ3v) is 7.39. The van der Waals surface area contributed by atoms with E-state index in [2.05, 4.69) is 10.4 Å². The number of carbonyl (C=O) groups is 2. The third-order valence-electron chi connectivity index (χ3n) is 6.17. The van der Waals surface area contributed by atoms with Gasteiger partial charge in [-0.05, 0) is 43.2 Å². The molecular formula is C26H29F2N3O4S. The zero-order valence-corrected chi connectivity index (χ0v) is 20.9. The van der Waals surface area contributed by atoms with Crippen LogP contribution in [-0.2, 0) is 9.59 Å². The van der Waals surface area contributed by atoms with E-state index in [0.29, 0.717) is 27.7 Å². The predicted octanol–water partition coefficient (Wildman–Crippen LogP) is 4.81. The van der Waals surface area contributed by atoms with Crippen molar-refractivity contribution in [1.29, 1.82) is 0 Å². The monoisotopic (exact) mass is 517 g/mol. The number of para-hydroxylation sites is 1. The van der Waals surface area contributed by atoms with Crippen molar-refractivity contribution in [3.63, 3.8) is 0 Å². The summed E-state index contributed by atoms with van der Waals surface area (Å²) in [7, 11) is 1.49. The molecule has 36 heavy (non-hydrogen) atoms. The quantitative estimate of drug-likeness (QED) is 0.516. The highest BCUT2D eigenvalue weighted by Gasteiger charge is 2.39. The summed E-state index contributed by atoms with van der Waals surface area (Å²) in [5.41, 5.74) is 1.37. The van der Waals surface area contributed by atoms with E-state index < -0.39 is 18.0 Å². The van der Waals surface area contributed by atoms with Crippen LogP contribution in [0.3, 0.4) is 0 Å². The second-order valence-electron chi connectivity index (χ2n) is 8.61. The average molecular weight is 518 g/mol. The molecule has 1 N–H and O–H groups in total. The van der Waals surface area contributed by atoms with E-state index in [1.54, 1.807) is 24.3 Å². The highest BCUT2D eigenvalue weighted by molar-refractivity contribution is 8.14. The number of ether oxygens (including phenoxy) is 2. The van der Waals surface area contributed by atoms with Gasteiger partial charge in [-0.15, -0.1) is 0 Å². The summed E-state index contributed by atoms with van der Waals surface area (Å²) in [6, 6.07) is 11.3. The molecule has 192 valence electrons. The molecule has 2 amide bonds. The molecule has 2 aliphatic rings. The van der Waals surface area contributed by atoms with Crippen LogP contribution in [0.2, 0.25) is 0 Å². The van der Waals surface area contributed by atoms with Gasteiger partial charge in [0.2, 0.25) is 5.91 Å². The lowest BCUT2D eigenvalue weighted by atomic mass is 9.88. The first-order chi connectivity index (χ1) is 17.5. The molecule has 7 nitrogen and oxygen atoms in total. The molecule has 4 rings (SSSR count). The SMILES string of the molecule is COc1c(OCC(=O)NCCF)cccc1C1SC(c2ccc(F)cc2)=NN1C(=O)C1CCCCC1. The highest BCUT2D eigenvalue weighted by Crippen LogP contribution is 2.48. The van der Waals surface area contributed by atoms with Crippen LogP contribution in [0.1, 0.15) is 48.6 Å². The number of hydrazone groups is 1. The number of alkyl halides is 1. The van der Waals surface area contributed by atoms with Crippen LogP contribution in [0.15, 0.2) is 47.6 Å². The van der Waals surface area contributed by atoms with Gasteiger partial charge < -0.3 is 14.8 Å². The number of nitrogens with one attached hydrogen (secondary N) is 1. The largest absolute Gasteiger partial charge is 0.492 e. The fourth-order valence-electron chi connectivity index (χ4n) is 4.38. The fraction of sp³-hybridized carbons (Fsp3) is 0.423. The minimum atomic E-state index is -0.662. The van der Waals surface area contributed by atoms with Crippen molar-refractivity contribution >= 4 is 28.6 Å². The van der Waals surface area contributed by atoms with Crippen molar-refractivity contribution in [3.05, 3.63) is 59.4 Å². The van der Waals surface area contributed by atoms with Crippen LogP contribution in [-0.4, -0.2) is 48.8 Å². The molecule has 1 unspecified atom stereocenters. The van der Waals surface area contributed by atoms with Gasteiger partial charge in [0.05, 0.1) is 7.11 Å². The minimum absolute atomic E-state index is 0.0525. The fourth-order valence-corrected chi connectivity index (χ4v) is 5.57. The molecule has 1 fully saturated rings. The third kappa shape index (κ3) is 5.98. The van der Waals surface area contributed by atoms with Gasteiger partial charge in [-0.3, -0.25) is 9.59 Å². The number of hydrogen-bond acceptors (Lipinski definition) is 6. The number of benzene rings is 2. The lowest BCUT2D eigenvalue weighted by Gasteiger charge is -2.28. The van der Waals surface area contributed by atoms with Crippen LogP contribution in [0, 0.1) is 11.7 Å². The van der Waals surface area contributed by atoms with E-state index in [1.807, 2.05) is 6.07 Å². The number of halogens is 2. The number of amides is 2. The van der Waals surface area contributed by atoms with E-state index in [9.17, 15) is 18.4 Å². The first-order valence-electron chi connectivity index (χ1n) is 12.0. The van der Waals surface area contributed by atoms with Crippen molar-refractivity contribution in [1.82, 2.24) is 10.3 Å². The maximum atomic E-state index is 13.6. The molecule has 0 bridgehead atoms. The Hall–Kier alpha value is -3.14. The first kappa shape index (κ1) is 25.9. The van der Waals surface area contributed by atoms with Gasteiger partial charge in [0, 0.05) is 23.6 Å². The number of carbonyl (C=O) groups excluding carboxylic acids is 2. The normalized spacial score (nSPS) is 18.0. The molecule has 1 saturated carbocycles.